The number of imidazole rings is 1. The van der Waals surface area contributed by atoms with E-state index in [1.165, 1.54) is 7.11 Å². The maximum Gasteiger partial charge on any atom is 0.357 e. The summed E-state index contributed by atoms with van der Waals surface area (Å²) < 4.78 is 5.11. The number of nitrogens with one attached hydrogen (secondary N) is 1. The standard InChI is InChI=1S/C12H10N2O5/c1-19-7-5-3-2-4-6(7)10-13-8(11(15)16)9(14-10)12(17)18/h2-5H,1H3,(H,13,14)(H,15,16)(H,17,18). The zero-order valence-corrected chi connectivity index (χ0v) is 9.88. The monoisotopic (exact) mass is 262 g/mol. The van der Waals surface area contributed by atoms with Crippen LogP contribution in [0.25, 0.3) is 11.4 Å². The van der Waals surface area contributed by atoms with Crippen molar-refractivity contribution in [1.82, 2.24) is 9.97 Å². The molecular weight excluding hydrogens is 252 g/mol. The number of rotatable bonds is 4. The van der Waals surface area contributed by atoms with Gasteiger partial charge in [-0.1, -0.05) is 12.1 Å². The number of carboxylic acid groups (broad SMARTS) is 2. The minimum absolute atomic E-state index is 0.132. The van der Waals surface area contributed by atoms with Crippen LogP contribution in [0.5, 0.6) is 5.75 Å². The molecule has 0 unspecified atom stereocenters. The Morgan fingerprint density at radius 2 is 1.89 bits per heavy atom. The number of methoxy groups -OCH3 is 1. The molecule has 0 saturated heterocycles. The molecule has 0 bridgehead atoms. The summed E-state index contributed by atoms with van der Waals surface area (Å²) in [6, 6.07) is 6.76. The van der Waals surface area contributed by atoms with Crippen LogP contribution in [-0.2, 0) is 0 Å². The van der Waals surface area contributed by atoms with Gasteiger partial charge < -0.3 is 19.9 Å². The summed E-state index contributed by atoms with van der Waals surface area (Å²) in [6.45, 7) is 0. The molecule has 1 aromatic carbocycles. The van der Waals surface area contributed by atoms with Crippen LogP contribution in [-0.4, -0.2) is 39.2 Å². The third-order valence-electron chi connectivity index (χ3n) is 2.48. The van der Waals surface area contributed by atoms with Gasteiger partial charge in [0.15, 0.2) is 11.4 Å². The fourth-order valence-corrected chi connectivity index (χ4v) is 1.65. The summed E-state index contributed by atoms with van der Waals surface area (Å²) in [4.78, 5) is 28.2. The molecular formula is C12H10N2O5. The molecule has 0 amide bonds. The number of para-hydroxylation sites is 1. The summed E-state index contributed by atoms with van der Waals surface area (Å²) in [5.74, 6) is -2.20. The summed E-state index contributed by atoms with van der Waals surface area (Å²) >= 11 is 0. The van der Waals surface area contributed by atoms with Crippen LogP contribution >= 0.6 is 0 Å². The molecule has 1 heterocycles. The summed E-state index contributed by atoms with van der Waals surface area (Å²) in [6.07, 6.45) is 0. The second-order valence-corrected chi connectivity index (χ2v) is 3.62. The first-order chi connectivity index (χ1) is 9.04. The van der Waals surface area contributed by atoms with Gasteiger partial charge in [-0.2, -0.15) is 0 Å². The number of aromatic nitrogens is 2. The number of aromatic amines is 1. The third kappa shape index (κ3) is 2.25. The Morgan fingerprint density at radius 1 is 1.21 bits per heavy atom. The van der Waals surface area contributed by atoms with Crippen LogP contribution in [0.15, 0.2) is 24.3 Å². The van der Waals surface area contributed by atoms with Crippen LogP contribution in [0.1, 0.15) is 21.0 Å². The Kier molecular flexibility index (Phi) is 3.19. The molecule has 7 nitrogen and oxygen atoms in total. The molecule has 2 aromatic rings. The first kappa shape index (κ1) is 12.6. The number of ether oxygens (including phenoxy) is 1. The van der Waals surface area contributed by atoms with E-state index >= 15 is 0 Å². The van der Waals surface area contributed by atoms with Crippen molar-refractivity contribution in [2.75, 3.05) is 7.11 Å². The topological polar surface area (TPSA) is 113 Å². The average molecular weight is 262 g/mol. The van der Waals surface area contributed by atoms with Crippen molar-refractivity contribution in [3.8, 4) is 17.1 Å². The van der Waals surface area contributed by atoms with Gasteiger partial charge in [-0.15, -0.1) is 0 Å². The van der Waals surface area contributed by atoms with Crippen molar-refractivity contribution in [3.05, 3.63) is 35.7 Å². The van der Waals surface area contributed by atoms with Gasteiger partial charge in [-0.3, -0.25) is 0 Å². The Morgan fingerprint density at radius 3 is 2.42 bits per heavy atom. The van der Waals surface area contributed by atoms with Crippen LogP contribution in [0.2, 0.25) is 0 Å². The van der Waals surface area contributed by atoms with Gasteiger partial charge in [0, 0.05) is 0 Å². The number of aromatic carboxylic acids is 2. The van der Waals surface area contributed by atoms with Crippen molar-refractivity contribution in [1.29, 1.82) is 0 Å². The van der Waals surface area contributed by atoms with E-state index in [1.54, 1.807) is 24.3 Å². The van der Waals surface area contributed by atoms with Gasteiger partial charge in [0.05, 0.1) is 12.7 Å². The van der Waals surface area contributed by atoms with E-state index in [0.717, 1.165) is 0 Å². The van der Waals surface area contributed by atoms with E-state index in [9.17, 15) is 9.59 Å². The molecule has 2 rings (SSSR count). The van der Waals surface area contributed by atoms with Crippen molar-refractivity contribution in [2.45, 2.75) is 0 Å². The molecule has 0 radical (unpaired) electrons. The van der Waals surface area contributed by atoms with Gasteiger partial charge in [0.2, 0.25) is 0 Å². The number of hydrogen-bond acceptors (Lipinski definition) is 4. The Balaban J connectivity index is 2.61. The fraction of sp³-hybridized carbons (Fsp3) is 0.0833. The summed E-state index contributed by atoms with van der Waals surface area (Å²) in [5.41, 5.74) is -0.512. The second-order valence-electron chi connectivity index (χ2n) is 3.62. The van der Waals surface area contributed by atoms with Gasteiger partial charge >= 0.3 is 11.9 Å². The van der Waals surface area contributed by atoms with E-state index in [-0.39, 0.29) is 5.82 Å². The van der Waals surface area contributed by atoms with Crippen molar-refractivity contribution >= 4 is 11.9 Å². The SMILES string of the molecule is COc1ccccc1-c1nc(C(=O)O)c(C(=O)O)[nH]1. The molecule has 3 N–H and O–H groups in total. The molecule has 98 valence electrons. The minimum atomic E-state index is -1.41. The highest BCUT2D eigenvalue weighted by molar-refractivity contribution is 5.99. The quantitative estimate of drug-likeness (QED) is 0.769. The van der Waals surface area contributed by atoms with E-state index in [1.807, 2.05) is 0 Å². The molecule has 0 fully saturated rings. The van der Waals surface area contributed by atoms with E-state index in [0.29, 0.717) is 11.3 Å². The van der Waals surface area contributed by atoms with Crippen LogP contribution in [0, 0.1) is 0 Å². The molecule has 0 saturated carbocycles. The fourth-order valence-electron chi connectivity index (χ4n) is 1.65. The number of H-pyrrole nitrogens is 1. The van der Waals surface area contributed by atoms with E-state index in [4.69, 9.17) is 14.9 Å². The predicted octanol–water partition coefficient (Wildman–Crippen LogP) is 1.48. The molecule has 0 aliphatic rings. The van der Waals surface area contributed by atoms with E-state index in [2.05, 4.69) is 9.97 Å². The number of hydrogen-bond donors (Lipinski definition) is 3. The lowest BCUT2D eigenvalue weighted by molar-refractivity contribution is 0.0644. The van der Waals surface area contributed by atoms with Crippen molar-refractivity contribution in [3.63, 3.8) is 0 Å². The maximum atomic E-state index is 11.0. The Bertz CT molecular complexity index is 616. The first-order valence-electron chi connectivity index (χ1n) is 5.24. The highest BCUT2D eigenvalue weighted by Gasteiger charge is 2.23. The van der Waals surface area contributed by atoms with Gasteiger partial charge in [0.25, 0.3) is 0 Å². The second kappa shape index (κ2) is 4.81. The lowest BCUT2D eigenvalue weighted by Crippen LogP contribution is -2.07. The normalized spacial score (nSPS) is 10.2. The Hall–Kier alpha value is -2.83. The largest absolute Gasteiger partial charge is 0.496 e. The average Bonchev–Trinajstić information content (AvgIpc) is 2.84. The van der Waals surface area contributed by atoms with E-state index < -0.39 is 23.3 Å². The van der Waals surface area contributed by atoms with Gasteiger partial charge in [-0.25, -0.2) is 14.6 Å². The zero-order valence-electron chi connectivity index (χ0n) is 9.88. The number of carboxylic acids is 2. The highest BCUT2D eigenvalue weighted by Crippen LogP contribution is 2.28. The first-order valence-corrected chi connectivity index (χ1v) is 5.24. The lowest BCUT2D eigenvalue weighted by atomic mass is 10.2. The number of nitrogens with zero attached hydrogens (tertiary/aromatic N) is 1. The molecule has 7 heteroatoms. The zero-order chi connectivity index (χ0) is 14.0. The molecule has 19 heavy (non-hydrogen) atoms. The summed E-state index contributed by atoms with van der Waals surface area (Å²) in [7, 11) is 1.46. The molecule has 0 aliphatic heterocycles. The molecule has 0 atom stereocenters. The maximum absolute atomic E-state index is 11.0. The third-order valence-corrected chi connectivity index (χ3v) is 2.48. The molecule has 0 spiro atoms. The summed E-state index contributed by atoms with van der Waals surface area (Å²) in [5, 5.41) is 17.9. The smallest absolute Gasteiger partial charge is 0.357 e. The van der Waals surface area contributed by atoms with Crippen molar-refractivity contribution in [2.24, 2.45) is 0 Å². The number of carbonyl (C=O) groups is 2. The van der Waals surface area contributed by atoms with Crippen LogP contribution in [0.3, 0.4) is 0 Å². The van der Waals surface area contributed by atoms with Crippen molar-refractivity contribution < 1.29 is 24.5 Å². The van der Waals surface area contributed by atoms with Crippen LogP contribution in [0.4, 0.5) is 0 Å². The molecule has 0 aliphatic carbocycles. The highest BCUT2D eigenvalue weighted by atomic mass is 16.5. The number of benzene rings is 1. The van der Waals surface area contributed by atoms with Crippen LogP contribution < -0.4 is 4.74 Å². The predicted molar refractivity (Wildman–Crippen MR) is 64.5 cm³/mol. The van der Waals surface area contributed by atoms with Gasteiger partial charge in [-0.05, 0) is 12.1 Å². The molecule has 1 aromatic heterocycles. The van der Waals surface area contributed by atoms with Gasteiger partial charge in [0.1, 0.15) is 11.6 Å². The lowest BCUT2D eigenvalue weighted by Gasteiger charge is -2.04. The Labute approximate surface area is 107 Å². The minimum Gasteiger partial charge on any atom is -0.496 e.